The molecule has 0 aliphatic carbocycles. The maximum absolute atomic E-state index is 10.7. The first kappa shape index (κ1) is 16.5. The molecule has 2 nitrogen and oxygen atoms in total. The smallest absolute Gasteiger partial charge is 0.216 e. The van der Waals surface area contributed by atoms with Crippen LogP contribution in [0.1, 0.15) is 79.1 Å². The molecule has 0 atom stereocenters. The molecule has 0 aromatic rings. The molecular weight excluding hydrogens is 210 g/mol. The number of unbranched alkanes of at least 4 members (excludes halogenated alkanes) is 4. The summed E-state index contributed by atoms with van der Waals surface area (Å²) in [6, 6.07) is 0. The third-order valence-electron chi connectivity index (χ3n) is 3.36. The molecule has 0 bridgehead atoms. The molecular formula is C15H31NO. The molecule has 0 radical (unpaired) electrons. The van der Waals surface area contributed by atoms with Crippen LogP contribution < -0.4 is 5.32 Å². The predicted molar refractivity (Wildman–Crippen MR) is 75.1 cm³/mol. The second-order valence-electron chi connectivity index (χ2n) is 5.91. The highest BCUT2D eigenvalue weighted by Gasteiger charge is 2.15. The van der Waals surface area contributed by atoms with Gasteiger partial charge in [-0.15, -0.1) is 0 Å². The first-order valence-corrected chi connectivity index (χ1v) is 7.22. The summed E-state index contributed by atoms with van der Waals surface area (Å²) < 4.78 is 0. The lowest BCUT2D eigenvalue weighted by Crippen LogP contribution is -2.20. The van der Waals surface area contributed by atoms with Crippen molar-refractivity contribution in [2.24, 2.45) is 5.41 Å². The van der Waals surface area contributed by atoms with E-state index in [9.17, 15) is 4.79 Å². The molecule has 0 aromatic carbocycles. The second-order valence-corrected chi connectivity index (χ2v) is 5.91. The summed E-state index contributed by atoms with van der Waals surface area (Å²) in [6.45, 7) is 9.46. The third kappa shape index (κ3) is 11.7. The van der Waals surface area contributed by atoms with Gasteiger partial charge in [0.25, 0.3) is 0 Å². The molecule has 1 amide bonds. The number of nitrogens with one attached hydrogen (secondary N) is 1. The van der Waals surface area contributed by atoms with Crippen LogP contribution in [0.15, 0.2) is 0 Å². The lowest BCUT2D eigenvalue weighted by Gasteiger charge is -2.24. The van der Waals surface area contributed by atoms with Crippen LogP contribution in [-0.2, 0) is 4.79 Å². The van der Waals surface area contributed by atoms with Crippen LogP contribution in [0.5, 0.6) is 0 Å². The Bertz CT molecular complexity index is 199. The highest BCUT2D eigenvalue weighted by atomic mass is 16.1. The fourth-order valence-electron chi connectivity index (χ4n) is 2.13. The Morgan fingerprint density at radius 2 is 1.59 bits per heavy atom. The zero-order valence-corrected chi connectivity index (χ0v) is 12.3. The van der Waals surface area contributed by atoms with Gasteiger partial charge in [0.05, 0.1) is 0 Å². The maximum atomic E-state index is 10.7. The first-order valence-electron chi connectivity index (χ1n) is 7.22. The van der Waals surface area contributed by atoms with E-state index in [4.69, 9.17) is 0 Å². The molecule has 17 heavy (non-hydrogen) atoms. The summed E-state index contributed by atoms with van der Waals surface area (Å²) in [7, 11) is 0. The van der Waals surface area contributed by atoms with Crippen LogP contribution in [0.2, 0.25) is 0 Å². The monoisotopic (exact) mass is 241 g/mol. The van der Waals surface area contributed by atoms with Crippen molar-refractivity contribution in [3.63, 3.8) is 0 Å². The van der Waals surface area contributed by atoms with E-state index in [1.54, 1.807) is 6.92 Å². The quantitative estimate of drug-likeness (QED) is 0.568. The highest BCUT2D eigenvalue weighted by Crippen LogP contribution is 2.29. The minimum atomic E-state index is 0.0886. The average molecular weight is 241 g/mol. The molecule has 0 saturated carbocycles. The van der Waals surface area contributed by atoms with Gasteiger partial charge in [0, 0.05) is 13.5 Å². The molecule has 0 fully saturated rings. The summed E-state index contributed by atoms with van der Waals surface area (Å²) in [5.74, 6) is 0.0886. The van der Waals surface area contributed by atoms with E-state index in [1.165, 1.54) is 44.9 Å². The van der Waals surface area contributed by atoms with Crippen molar-refractivity contribution in [1.82, 2.24) is 5.32 Å². The summed E-state index contributed by atoms with van der Waals surface area (Å²) >= 11 is 0. The van der Waals surface area contributed by atoms with E-state index in [0.717, 1.165) is 13.0 Å². The number of carbonyl (C=O) groups is 1. The molecule has 0 rings (SSSR count). The molecule has 102 valence electrons. The maximum Gasteiger partial charge on any atom is 0.216 e. The average Bonchev–Trinajstić information content (AvgIpc) is 2.24. The van der Waals surface area contributed by atoms with Gasteiger partial charge in [-0.3, -0.25) is 4.79 Å². The van der Waals surface area contributed by atoms with Crippen LogP contribution in [0, 0.1) is 5.41 Å². The summed E-state index contributed by atoms with van der Waals surface area (Å²) in [5, 5.41) is 2.84. The van der Waals surface area contributed by atoms with Crippen LogP contribution in [0.3, 0.4) is 0 Å². The van der Waals surface area contributed by atoms with Gasteiger partial charge in [-0.2, -0.15) is 0 Å². The van der Waals surface area contributed by atoms with Gasteiger partial charge in [0.15, 0.2) is 0 Å². The van der Waals surface area contributed by atoms with Crippen molar-refractivity contribution in [2.75, 3.05) is 6.54 Å². The van der Waals surface area contributed by atoms with E-state index in [0.29, 0.717) is 5.41 Å². The SMILES string of the molecule is CCCCC(C)(C)CCCCCCNC(C)=O. The molecule has 1 N–H and O–H groups in total. The number of carbonyl (C=O) groups excluding carboxylic acids is 1. The van der Waals surface area contributed by atoms with Crippen molar-refractivity contribution in [2.45, 2.75) is 79.1 Å². The zero-order chi connectivity index (χ0) is 13.1. The zero-order valence-electron chi connectivity index (χ0n) is 12.3. The predicted octanol–water partition coefficient (Wildman–Crippen LogP) is 4.29. The van der Waals surface area contributed by atoms with Gasteiger partial charge in [-0.1, -0.05) is 52.9 Å². The van der Waals surface area contributed by atoms with E-state index >= 15 is 0 Å². The van der Waals surface area contributed by atoms with Gasteiger partial charge < -0.3 is 5.32 Å². The molecule has 0 saturated heterocycles. The van der Waals surface area contributed by atoms with Gasteiger partial charge in [0.1, 0.15) is 0 Å². The Morgan fingerprint density at radius 1 is 1.00 bits per heavy atom. The largest absolute Gasteiger partial charge is 0.356 e. The second kappa shape index (κ2) is 9.49. The minimum absolute atomic E-state index is 0.0886. The van der Waals surface area contributed by atoms with Crippen molar-refractivity contribution in [3.8, 4) is 0 Å². The van der Waals surface area contributed by atoms with Crippen molar-refractivity contribution in [3.05, 3.63) is 0 Å². The van der Waals surface area contributed by atoms with Crippen molar-refractivity contribution in [1.29, 1.82) is 0 Å². The van der Waals surface area contributed by atoms with Gasteiger partial charge in [-0.05, 0) is 24.7 Å². The third-order valence-corrected chi connectivity index (χ3v) is 3.36. The van der Waals surface area contributed by atoms with Gasteiger partial charge in [0.2, 0.25) is 5.91 Å². The molecule has 0 aliphatic rings. The molecule has 0 unspecified atom stereocenters. The molecule has 2 heteroatoms. The fraction of sp³-hybridized carbons (Fsp3) is 0.933. The first-order chi connectivity index (χ1) is 7.98. The Hall–Kier alpha value is -0.530. The number of rotatable bonds is 10. The van der Waals surface area contributed by atoms with E-state index in [2.05, 4.69) is 26.1 Å². The Labute approximate surface area is 108 Å². The lowest BCUT2D eigenvalue weighted by atomic mass is 9.82. The van der Waals surface area contributed by atoms with Gasteiger partial charge >= 0.3 is 0 Å². The van der Waals surface area contributed by atoms with Crippen LogP contribution in [0.25, 0.3) is 0 Å². The molecule has 0 aliphatic heterocycles. The Morgan fingerprint density at radius 3 is 2.18 bits per heavy atom. The molecule has 0 aromatic heterocycles. The topological polar surface area (TPSA) is 29.1 Å². The fourth-order valence-corrected chi connectivity index (χ4v) is 2.13. The standard InChI is InChI=1S/C15H31NO/c1-5-6-11-15(3,4)12-9-7-8-10-13-16-14(2)17/h5-13H2,1-4H3,(H,16,17). The molecule has 0 heterocycles. The van der Waals surface area contributed by atoms with Crippen molar-refractivity contribution < 1.29 is 4.79 Å². The molecule has 0 spiro atoms. The van der Waals surface area contributed by atoms with Crippen LogP contribution in [-0.4, -0.2) is 12.5 Å². The van der Waals surface area contributed by atoms with E-state index in [-0.39, 0.29) is 5.91 Å². The number of hydrogen-bond acceptors (Lipinski definition) is 1. The van der Waals surface area contributed by atoms with Crippen LogP contribution >= 0.6 is 0 Å². The normalized spacial score (nSPS) is 11.5. The summed E-state index contributed by atoms with van der Waals surface area (Å²) in [5.41, 5.74) is 0.521. The Balaban J connectivity index is 3.34. The summed E-state index contributed by atoms with van der Waals surface area (Å²) in [6.07, 6.45) is 10.4. The summed E-state index contributed by atoms with van der Waals surface area (Å²) in [4.78, 5) is 10.7. The van der Waals surface area contributed by atoms with Crippen molar-refractivity contribution >= 4 is 5.91 Å². The van der Waals surface area contributed by atoms with Gasteiger partial charge in [-0.25, -0.2) is 0 Å². The lowest BCUT2D eigenvalue weighted by molar-refractivity contribution is -0.118. The van der Waals surface area contributed by atoms with E-state index < -0.39 is 0 Å². The number of amides is 1. The minimum Gasteiger partial charge on any atom is -0.356 e. The number of hydrogen-bond donors (Lipinski definition) is 1. The van der Waals surface area contributed by atoms with Crippen LogP contribution in [0.4, 0.5) is 0 Å². The highest BCUT2D eigenvalue weighted by molar-refractivity contribution is 5.72. The van der Waals surface area contributed by atoms with E-state index in [1.807, 2.05) is 0 Å². The Kier molecular flexibility index (Phi) is 9.20.